The van der Waals surface area contributed by atoms with Crippen LogP contribution in [-0.2, 0) is 4.79 Å². The molecule has 0 radical (unpaired) electrons. The quantitative estimate of drug-likeness (QED) is 0.693. The van der Waals surface area contributed by atoms with Gasteiger partial charge in [-0.05, 0) is 25.2 Å². The van der Waals surface area contributed by atoms with E-state index in [1.807, 2.05) is 0 Å². The van der Waals surface area contributed by atoms with Crippen LogP contribution >= 0.6 is 11.6 Å². The summed E-state index contributed by atoms with van der Waals surface area (Å²) < 4.78 is 0. The van der Waals surface area contributed by atoms with Crippen molar-refractivity contribution in [3.05, 3.63) is 0 Å². The molecular weight excluding hydrogens is 176 g/mol. The van der Waals surface area contributed by atoms with E-state index in [4.69, 9.17) is 16.7 Å². The first-order chi connectivity index (χ1) is 5.70. The van der Waals surface area contributed by atoms with Crippen molar-refractivity contribution in [1.29, 1.82) is 0 Å². The van der Waals surface area contributed by atoms with Crippen molar-refractivity contribution in [2.24, 2.45) is 5.92 Å². The van der Waals surface area contributed by atoms with E-state index < -0.39 is 5.97 Å². The van der Waals surface area contributed by atoms with Gasteiger partial charge in [0.25, 0.3) is 0 Å². The molecule has 0 spiro atoms. The molecule has 70 valence electrons. The molecule has 1 rings (SSSR count). The molecule has 1 N–H and O–H groups in total. The third kappa shape index (κ3) is 3.02. The molecule has 0 bridgehead atoms. The van der Waals surface area contributed by atoms with Gasteiger partial charge in [0.1, 0.15) is 0 Å². The number of carbonyl (C=O) groups is 1. The largest absolute Gasteiger partial charge is 0.481 e. The van der Waals surface area contributed by atoms with E-state index in [9.17, 15) is 4.79 Å². The highest BCUT2D eigenvalue weighted by molar-refractivity contribution is 6.20. The lowest BCUT2D eigenvalue weighted by Crippen LogP contribution is -2.12. The van der Waals surface area contributed by atoms with Crippen molar-refractivity contribution in [1.82, 2.24) is 0 Å². The van der Waals surface area contributed by atoms with Gasteiger partial charge >= 0.3 is 5.97 Å². The number of hydrogen-bond acceptors (Lipinski definition) is 1. The molecule has 0 amide bonds. The zero-order chi connectivity index (χ0) is 8.97. The topological polar surface area (TPSA) is 37.3 Å². The Labute approximate surface area is 77.9 Å². The van der Waals surface area contributed by atoms with E-state index in [2.05, 4.69) is 0 Å². The summed E-state index contributed by atoms with van der Waals surface area (Å²) in [6.07, 6.45) is 5.75. The van der Waals surface area contributed by atoms with E-state index in [-0.39, 0.29) is 11.8 Å². The molecule has 0 aromatic rings. The van der Waals surface area contributed by atoms with Gasteiger partial charge < -0.3 is 5.11 Å². The number of alkyl halides is 1. The summed E-state index contributed by atoms with van der Waals surface area (Å²) >= 11 is 6.07. The standard InChI is InChI=1S/C9H15ClO2/c10-8(5-6-9(11)12)7-3-1-2-4-7/h7-8H,1-6H2,(H,11,12). The second kappa shape index (κ2) is 4.70. The van der Waals surface area contributed by atoms with Crippen LogP contribution in [0.1, 0.15) is 38.5 Å². The molecule has 1 atom stereocenters. The molecule has 0 aliphatic heterocycles. The molecule has 1 aliphatic carbocycles. The number of rotatable bonds is 4. The second-order valence-corrected chi connectivity index (χ2v) is 4.05. The lowest BCUT2D eigenvalue weighted by molar-refractivity contribution is -0.137. The van der Waals surface area contributed by atoms with Gasteiger partial charge in [-0.1, -0.05) is 12.8 Å². The third-order valence-electron chi connectivity index (χ3n) is 2.55. The molecule has 3 heteroatoms. The fourth-order valence-corrected chi connectivity index (χ4v) is 2.18. The maximum absolute atomic E-state index is 10.3. The molecule has 2 nitrogen and oxygen atoms in total. The van der Waals surface area contributed by atoms with Gasteiger partial charge in [0.05, 0.1) is 0 Å². The zero-order valence-corrected chi connectivity index (χ0v) is 7.89. The Morgan fingerprint density at radius 3 is 2.58 bits per heavy atom. The van der Waals surface area contributed by atoms with Gasteiger partial charge in [0.2, 0.25) is 0 Å². The molecule has 1 saturated carbocycles. The van der Waals surface area contributed by atoms with Crippen molar-refractivity contribution < 1.29 is 9.90 Å². The van der Waals surface area contributed by atoms with Gasteiger partial charge in [-0.15, -0.1) is 11.6 Å². The summed E-state index contributed by atoms with van der Waals surface area (Å²) in [4.78, 5) is 10.3. The van der Waals surface area contributed by atoms with Crippen molar-refractivity contribution in [3.63, 3.8) is 0 Å². The van der Waals surface area contributed by atoms with Gasteiger partial charge in [0, 0.05) is 11.8 Å². The average molecular weight is 191 g/mol. The molecule has 1 unspecified atom stereocenters. The fraction of sp³-hybridized carbons (Fsp3) is 0.889. The molecule has 1 aliphatic rings. The van der Waals surface area contributed by atoms with Crippen LogP contribution in [0.15, 0.2) is 0 Å². The van der Waals surface area contributed by atoms with Crippen LogP contribution in [0.2, 0.25) is 0 Å². The SMILES string of the molecule is O=C(O)CCC(Cl)C1CCCC1. The minimum Gasteiger partial charge on any atom is -0.481 e. The van der Waals surface area contributed by atoms with Gasteiger partial charge in [0.15, 0.2) is 0 Å². The molecular formula is C9H15ClO2. The number of halogens is 1. The highest BCUT2D eigenvalue weighted by Gasteiger charge is 2.23. The predicted molar refractivity (Wildman–Crippen MR) is 48.5 cm³/mol. The van der Waals surface area contributed by atoms with Gasteiger partial charge in [-0.2, -0.15) is 0 Å². The van der Waals surface area contributed by atoms with Crippen LogP contribution in [0.3, 0.4) is 0 Å². The van der Waals surface area contributed by atoms with Crippen LogP contribution in [-0.4, -0.2) is 16.5 Å². The Balaban J connectivity index is 2.17. The first kappa shape index (κ1) is 9.85. The summed E-state index contributed by atoms with van der Waals surface area (Å²) in [5.41, 5.74) is 0. The number of carboxylic acids is 1. The highest BCUT2D eigenvalue weighted by Crippen LogP contribution is 2.32. The normalized spacial score (nSPS) is 21.1. The summed E-state index contributed by atoms with van der Waals surface area (Å²) in [7, 11) is 0. The maximum Gasteiger partial charge on any atom is 0.303 e. The monoisotopic (exact) mass is 190 g/mol. The van der Waals surface area contributed by atoms with Crippen LogP contribution in [0.25, 0.3) is 0 Å². The Morgan fingerprint density at radius 1 is 1.50 bits per heavy atom. The predicted octanol–water partition coefficient (Wildman–Crippen LogP) is 2.65. The Hall–Kier alpha value is -0.240. The van der Waals surface area contributed by atoms with Gasteiger partial charge in [-0.25, -0.2) is 0 Å². The number of hydrogen-bond donors (Lipinski definition) is 1. The van der Waals surface area contributed by atoms with E-state index in [0.29, 0.717) is 12.3 Å². The van der Waals surface area contributed by atoms with Crippen molar-refractivity contribution in [2.45, 2.75) is 43.9 Å². The third-order valence-corrected chi connectivity index (χ3v) is 3.12. The fourth-order valence-electron chi connectivity index (χ4n) is 1.82. The van der Waals surface area contributed by atoms with Crippen LogP contribution < -0.4 is 0 Å². The first-order valence-electron chi connectivity index (χ1n) is 4.56. The lowest BCUT2D eigenvalue weighted by Gasteiger charge is -2.14. The smallest absolute Gasteiger partial charge is 0.303 e. The molecule has 0 heterocycles. The minimum atomic E-state index is -0.737. The molecule has 0 aromatic carbocycles. The summed E-state index contributed by atoms with van der Waals surface area (Å²) in [5, 5.41) is 8.53. The van der Waals surface area contributed by atoms with Crippen LogP contribution in [0, 0.1) is 5.92 Å². The first-order valence-corrected chi connectivity index (χ1v) is 4.99. The van der Waals surface area contributed by atoms with Crippen molar-refractivity contribution in [2.75, 3.05) is 0 Å². The summed E-state index contributed by atoms with van der Waals surface area (Å²) in [6.45, 7) is 0. The number of aliphatic carboxylic acids is 1. The second-order valence-electron chi connectivity index (χ2n) is 3.49. The molecule has 1 fully saturated rings. The lowest BCUT2D eigenvalue weighted by atomic mass is 10.00. The summed E-state index contributed by atoms with van der Waals surface area (Å²) in [5.74, 6) is -0.162. The Bertz CT molecular complexity index is 153. The Morgan fingerprint density at radius 2 is 2.08 bits per heavy atom. The van der Waals surface area contributed by atoms with E-state index in [1.54, 1.807) is 0 Å². The van der Waals surface area contributed by atoms with E-state index in [1.165, 1.54) is 25.7 Å². The van der Waals surface area contributed by atoms with E-state index >= 15 is 0 Å². The minimum absolute atomic E-state index is 0.0867. The molecule has 12 heavy (non-hydrogen) atoms. The maximum atomic E-state index is 10.3. The molecule has 0 aromatic heterocycles. The highest BCUT2D eigenvalue weighted by atomic mass is 35.5. The van der Waals surface area contributed by atoms with Crippen molar-refractivity contribution >= 4 is 17.6 Å². The van der Waals surface area contributed by atoms with Crippen LogP contribution in [0.4, 0.5) is 0 Å². The van der Waals surface area contributed by atoms with E-state index in [0.717, 1.165) is 0 Å². The summed E-state index contributed by atoms with van der Waals surface area (Å²) in [6, 6.07) is 0. The zero-order valence-electron chi connectivity index (χ0n) is 7.13. The molecule has 0 saturated heterocycles. The Kier molecular flexibility index (Phi) is 3.86. The number of carboxylic acid groups (broad SMARTS) is 1. The van der Waals surface area contributed by atoms with Crippen molar-refractivity contribution in [3.8, 4) is 0 Å². The van der Waals surface area contributed by atoms with Crippen LogP contribution in [0.5, 0.6) is 0 Å². The average Bonchev–Trinajstić information content (AvgIpc) is 2.51. The van der Waals surface area contributed by atoms with Gasteiger partial charge in [-0.3, -0.25) is 4.79 Å².